The van der Waals surface area contributed by atoms with Crippen LogP contribution in [-0.2, 0) is 9.59 Å². The second kappa shape index (κ2) is 7.65. The highest BCUT2D eigenvalue weighted by atomic mass is 16.2. The molecule has 1 rings (SSSR count). The van der Waals surface area contributed by atoms with Gasteiger partial charge in [-0.3, -0.25) is 9.59 Å². The maximum absolute atomic E-state index is 12.6. The van der Waals surface area contributed by atoms with Crippen LogP contribution in [0.3, 0.4) is 0 Å². The Labute approximate surface area is 123 Å². The molecule has 3 atom stereocenters. The van der Waals surface area contributed by atoms with Crippen LogP contribution >= 0.6 is 0 Å². The van der Waals surface area contributed by atoms with Gasteiger partial charge in [0.1, 0.15) is 6.04 Å². The largest absolute Gasteiger partial charge is 0.344 e. The number of amides is 2. The van der Waals surface area contributed by atoms with Crippen LogP contribution in [0.25, 0.3) is 0 Å². The van der Waals surface area contributed by atoms with Crippen LogP contribution in [0, 0.1) is 11.8 Å². The van der Waals surface area contributed by atoms with Gasteiger partial charge >= 0.3 is 0 Å². The molecule has 1 fully saturated rings. The summed E-state index contributed by atoms with van der Waals surface area (Å²) in [6.45, 7) is 11.2. The SMILES string of the molecule is CCC(C)CC(C)N1CCC(=O)NC(CC(C)C)C1=O. The summed E-state index contributed by atoms with van der Waals surface area (Å²) >= 11 is 0. The van der Waals surface area contributed by atoms with Crippen LogP contribution in [0.2, 0.25) is 0 Å². The van der Waals surface area contributed by atoms with Gasteiger partial charge in [-0.1, -0.05) is 34.1 Å². The maximum atomic E-state index is 12.6. The molecule has 0 aromatic carbocycles. The van der Waals surface area contributed by atoms with Gasteiger partial charge in [0, 0.05) is 19.0 Å². The third-order valence-corrected chi connectivity index (χ3v) is 4.18. The predicted octanol–water partition coefficient (Wildman–Crippen LogP) is 2.57. The van der Waals surface area contributed by atoms with Gasteiger partial charge in [-0.25, -0.2) is 0 Å². The molecule has 0 radical (unpaired) electrons. The highest BCUT2D eigenvalue weighted by Crippen LogP contribution is 2.19. The topological polar surface area (TPSA) is 49.4 Å². The van der Waals surface area contributed by atoms with Crippen molar-refractivity contribution < 1.29 is 9.59 Å². The fraction of sp³-hybridized carbons (Fsp3) is 0.875. The Morgan fingerprint density at radius 1 is 1.25 bits per heavy atom. The smallest absolute Gasteiger partial charge is 0.245 e. The van der Waals surface area contributed by atoms with E-state index in [1.807, 2.05) is 4.90 Å². The number of hydrogen-bond donors (Lipinski definition) is 1. The minimum absolute atomic E-state index is 0.00207. The normalized spacial score (nSPS) is 23.5. The lowest BCUT2D eigenvalue weighted by Crippen LogP contribution is -2.48. The third-order valence-electron chi connectivity index (χ3n) is 4.18. The Morgan fingerprint density at radius 3 is 2.45 bits per heavy atom. The third kappa shape index (κ3) is 4.80. The van der Waals surface area contributed by atoms with Crippen molar-refractivity contribution >= 4 is 11.8 Å². The molecule has 0 aromatic heterocycles. The maximum Gasteiger partial charge on any atom is 0.245 e. The summed E-state index contributed by atoms with van der Waals surface area (Å²) < 4.78 is 0. The van der Waals surface area contributed by atoms with Crippen molar-refractivity contribution in [3.8, 4) is 0 Å². The Kier molecular flexibility index (Phi) is 6.50. The van der Waals surface area contributed by atoms with E-state index in [0.29, 0.717) is 24.8 Å². The van der Waals surface area contributed by atoms with E-state index in [1.54, 1.807) is 0 Å². The molecule has 2 amide bonds. The molecule has 3 unspecified atom stereocenters. The van der Waals surface area contributed by atoms with E-state index < -0.39 is 0 Å². The minimum atomic E-state index is -0.343. The molecule has 0 aliphatic carbocycles. The second-order valence-electron chi connectivity index (χ2n) is 6.63. The van der Waals surface area contributed by atoms with Crippen LogP contribution in [0.1, 0.15) is 60.3 Å². The number of carbonyl (C=O) groups excluding carboxylic acids is 2. The molecule has 1 N–H and O–H groups in total. The molecule has 4 nitrogen and oxygen atoms in total. The Morgan fingerprint density at radius 2 is 1.90 bits per heavy atom. The molecule has 20 heavy (non-hydrogen) atoms. The van der Waals surface area contributed by atoms with Crippen molar-refractivity contribution in [2.45, 2.75) is 72.4 Å². The van der Waals surface area contributed by atoms with Crippen LogP contribution in [0.15, 0.2) is 0 Å². The van der Waals surface area contributed by atoms with Crippen molar-refractivity contribution in [3.05, 3.63) is 0 Å². The first-order valence-corrected chi connectivity index (χ1v) is 7.94. The van der Waals surface area contributed by atoms with E-state index >= 15 is 0 Å². The molecule has 116 valence electrons. The summed E-state index contributed by atoms with van der Waals surface area (Å²) in [5.74, 6) is 1.10. The highest BCUT2D eigenvalue weighted by Gasteiger charge is 2.32. The van der Waals surface area contributed by atoms with Crippen molar-refractivity contribution in [2.75, 3.05) is 6.54 Å². The zero-order chi connectivity index (χ0) is 15.3. The van der Waals surface area contributed by atoms with Crippen molar-refractivity contribution in [1.82, 2.24) is 10.2 Å². The first kappa shape index (κ1) is 17.0. The summed E-state index contributed by atoms with van der Waals surface area (Å²) in [5, 5.41) is 2.88. The monoisotopic (exact) mass is 282 g/mol. The molecule has 1 aliphatic rings. The molecule has 1 saturated heterocycles. The van der Waals surface area contributed by atoms with Crippen molar-refractivity contribution in [1.29, 1.82) is 0 Å². The molecule has 0 aromatic rings. The van der Waals surface area contributed by atoms with E-state index in [0.717, 1.165) is 19.3 Å². The summed E-state index contributed by atoms with van der Waals surface area (Å²) in [7, 11) is 0. The standard InChI is InChI=1S/C16H30N2O2/c1-6-12(4)10-13(5)18-8-7-15(19)17-14(16(18)20)9-11(2)3/h11-14H,6-10H2,1-5H3,(H,17,19). The fourth-order valence-corrected chi connectivity index (χ4v) is 2.81. The van der Waals surface area contributed by atoms with E-state index in [1.165, 1.54) is 0 Å². The quantitative estimate of drug-likeness (QED) is 0.814. The minimum Gasteiger partial charge on any atom is -0.344 e. The van der Waals surface area contributed by atoms with Gasteiger partial charge in [0.25, 0.3) is 0 Å². The van der Waals surface area contributed by atoms with E-state index in [-0.39, 0.29) is 23.9 Å². The Hall–Kier alpha value is -1.06. The Bertz CT molecular complexity index is 341. The van der Waals surface area contributed by atoms with E-state index in [9.17, 15) is 9.59 Å². The lowest BCUT2D eigenvalue weighted by molar-refractivity contribution is -0.136. The lowest BCUT2D eigenvalue weighted by Gasteiger charge is -2.32. The highest BCUT2D eigenvalue weighted by molar-refractivity contribution is 5.90. The molecule has 1 heterocycles. The summed E-state index contributed by atoms with van der Waals surface area (Å²) in [6, 6.07) is -0.135. The average Bonchev–Trinajstić information content (AvgIpc) is 2.49. The first-order valence-electron chi connectivity index (χ1n) is 7.94. The van der Waals surface area contributed by atoms with Crippen LogP contribution in [0.4, 0.5) is 0 Å². The van der Waals surface area contributed by atoms with Gasteiger partial charge in [-0.2, -0.15) is 0 Å². The molecule has 1 aliphatic heterocycles. The van der Waals surface area contributed by atoms with Gasteiger partial charge in [0.2, 0.25) is 11.8 Å². The number of hydrogen-bond acceptors (Lipinski definition) is 2. The summed E-state index contributed by atoms with van der Waals surface area (Å²) in [6.07, 6.45) is 3.27. The molecule has 0 bridgehead atoms. The molecule has 4 heteroatoms. The van der Waals surface area contributed by atoms with E-state index in [2.05, 4.69) is 39.9 Å². The molecular weight excluding hydrogens is 252 g/mol. The molecule has 0 saturated carbocycles. The summed E-state index contributed by atoms with van der Waals surface area (Å²) in [4.78, 5) is 26.3. The van der Waals surface area contributed by atoms with Gasteiger partial charge in [0.05, 0.1) is 0 Å². The number of nitrogens with zero attached hydrogens (tertiary/aromatic N) is 1. The van der Waals surface area contributed by atoms with Gasteiger partial charge in [-0.05, 0) is 31.6 Å². The van der Waals surface area contributed by atoms with Crippen LogP contribution < -0.4 is 5.32 Å². The van der Waals surface area contributed by atoms with Gasteiger partial charge in [0.15, 0.2) is 0 Å². The molecular formula is C16H30N2O2. The van der Waals surface area contributed by atoms with E-state index in [4.69, 9.17) is 0 Å². The van der Waals surface area contributed by atoms with Crippen LogP contribution in [-0.4, -0.2) is 35.3 Å². The number of nitrogens with one attached hydrogen (secondary N) is 1. The van der Waals surface area contributed by atoms with Crippen molar-refractivity contribution in [3.63, 3.8) is 0 Å². The Balaban J connectivity index is 2.78. The zero-order valence-corrected chi connectivity index (χ0v) is 13.6. The second-order valence-corrected chi connectivity index (χ2v) is 6.63. The first-order chi connectivity index (χ1) is 9.35. The predicted molar refractivity (Wildman–Crippen MR) is 81.2 cm³/mol. The van der Waals surface area contributed by atoms with Crippen molar-refractivity contribution in [2.24, 2.45) is 11.8 Å². The lowest BCUT2D eigenvalue weighted by atomic mass is 9.97. The zero-order valence-electron chi connectivity index (χ0n) is 13.6. The molecule has 0 spiro atoms. The van der Waals surface area contributed by atoms with Gasteiger partial charge < -0.3 is 10.2 Å². The van der Waals surface area contributed by atoms with Crippen LogP contribution in [0.5, 0.6) is 0 Å². The number of carbonyl (C=O) groups is 2. The average molecular weight is 282 g/mol. The fourth-order valence-electron chi connectivity index (χ4n) is 2.81. The van der Waals surface area contributed by atoms with Gasteiger partial charge in [-0.15, -0.1) is 0 Å². The summed E-state index contributed by atoms with van der Waals surface area (Å²) in [5.41, 5.74) is 0. The number of rotatable bonds is 6.